The Labute approximate surface area is 144 Å². The number of halogens is 1. The number of pyridine rings is 1. The van der Waals surface area contributed by atoms with Gasteiger partial charge in [0.05, 0.1) is 32.6 Å². The predicted molar refractivity (Wildman–Crippen MR) is 89.1 cm³/mol. The van der Waals surface area contributed by atoms with Crippen LogP contribution >= 0.6 is 0 Å². The van der Waals surface area contributed by atoms with Crippen molar-refractivity contribution >= 4 is 11.9 Å². The number of nitrogens with zero attached hydrogens (tertiary/aromatic N) is 6. The Morgan fingerprint density at radius 3 is 1.88 bits per heavy atom. The fourth-order valence-corrected chi connectivity index (χ4v) is 2.83. The lowest BCUT2D eigenvalue weighted by Crippen LogP contribution is -2.40. The van der Waals surface area contributed by atoms with E-state index in [1.165, 1.54) is 6.07 Å². The van der Waals surface area contributed by atoms with E-state index in [-0.39, 0.29) is 0 Å². The van der Waals surface area contributed by atoms with E-state index < -0.39 is 5.82 Å². The van der Waals surface area contributed by atoms with Crippen molar-refractivity contribution in [2.75, 3.05) is 62.4 Å². The molecule has 0 radical (unpaired) electrons. The molecule has 0 aromatic carbocycles. The topological polar surface area (TPSA) is 76.5 Å². The van der Waals surface area contributed by atoms with E-state index in [1.807, 2.05) is 0 Å². The molecule has 0 amide bonds. The number of hydrogen-bond donors (Lipinski definition) is 0. The van der Waals surface area contributed by atoms with Crippen LogP contribution in [0, 0.1) is 5.82 Å². The van der Waals surface area contributed by atoms with Crippen molar-refractivity contribution in [3.05, 3.63) is 24.3 Å². The van der Waals surface area contributed by atoms with Crippen molar-refractivity contribution < 1.29 is 13.9 Å². The maximum absolute atomic E-state index is 13.6. The molecule has 0 N–H and O–H groups in total. The van der Waals surface area contributed by atoms with Gasteiger partial charge >= 0.3 is 0 Å². The van der Waals surface area contributed by atoms with Crippen LogP contribution in [-0.4, -0.2) is 72.5 Å². The van der Waals surface area contributed by atoms with Gasteiger partial charge in [0.15, 0.2) is 5.82 Å². The van der Waals surface area contributed by atoms with Gasteiger partial charge in [0.1, 0.15) is 5.82 Å². The summed E-state index contributed by atoms with van der Waals surface area (Å²) in [4.78, 5) is 21.8. The highest BCUT2D eigenvalue weighted by Gasteiger charge is 2.21. The Morgan fingerprint density at radius 2 is 1.36 bits per heavy atom. The van der Waals surface area contributed by atoms with Crippen LogP contribution < -0.4 is 9.80 Å². The quantitative estimate of drug-likeness (QED) is 0.806. The van der Waals surface area contributed by atoms with Crippen molar-refractivity contribution in [3.8, 4) is 11.4 Å². The predicted octanol–water partition coefficient (Wildman–Crippen LogP) is 0.746. The molecule has 0 saturated carbocycles. The van der Waals surface area contributed by atoms with Gasteiger partial charge in [0.25, 0.3) is 0 Å². The number of aromatic nitrogens is 4. The number of ether oxygens (including phenoxy) is 2. The monoisotopic (exact) mass is 346 g/mol. The first-order valence-electron chi connectivity index (χ1n) is 8.32. The SMILES string of the molecule is Fc1cncc(-c2nc(N3CCOCC3)nc(N3CCOCC3)n2)c1. The van der Waals surface area contributed by atoms with Crippen molar-refractivity contribution in [1.82, 2.24) is 19.9 Å². The minimum Gasteiger partial charge on any atom is -0.378 e. The fraction of sp³-hybridized carbons (Fsp3) is 0.500. The standard InChI is InChI=1S/C16H19FN6O2/c17-13-9-12(10-18-11-13)14-19-15(22-1-5-24-6-2-22)21-16(20-14)23-3-7-25-8-4-23/h9-11H,1-8H2. The molecule has 0 unspecified atom stereocenters. The molecule has 0 atom stereocenters. The Kier molecular flexibility index (Phi) is 4.66. The molecule has 2 aromatic heterocycles. The van der Waals surface area contributed by atoms with Crippen LogP contribution in [-0.2, 0) is 9.47 Å². The molecular formula is C16H19FN6O2. The van der Waals surface area contributed by atoms with E-state index in [0.717, 1.165) is 6.20 Å². The van der Waals surface area contributed by atoms with Gasteiger partial charge in [-0.25, -0.2) is 4.39 Å². The van der Waals surface area contributed by atoms with Crippen molar-refractivity contribution in [2.45, 2.75) is 0 Å². The molecule has 8 nitrogen and oxygen atoms in total. The second kappa shape index (κ2) is 7.24. The molecule has 2 aliphatic rings. The smallest absolute Gasteiger partial charge is 0.230 e. The van der Waals surface area contributed by atoms with E-state index in [4.69, 9.17) is 9.47 Å². The third-order valence-corrected chi connectivity index (χ3v) is 4.16. The summed E-state index contributed by atoms with van der Waals surface area (Å²) in [6, 6.07) is 1.38. The molecule has 0 aliphatic carbocycles. The Bertz CT molecular complexity index is 698. The summed E-state index contributed by atoms with van der Waals surface area (Å²) in [5.41, 5.74) is 0.534. The van der Waals surface area contributed by atoms with E-state index in [2.05, 4.69) is 29.7 Å². The second-order valence-corrected chi connectivity index (χ2v) is 5.85. The second-order valence-electron chi connectivity index (χ2n) is 5.85. The molecule has 9 heteroatoms. The molecule has 4 rings (SSSR count). The minimum absolute atomic E-state index is 0.418. The van der Waals surface area contributed by atoms with E-state index in [9.17, 15) is 4.39 Å². The summed E-state index contributed by atoms with van der Waals surface area (Å²) in [5.74, 6) is 1.17. The van der Waals surface area contributed by atoms with Gasteiger partial charge in [-0.15, -0.1) is 0 Å². The molecule has 2 saturated heterocycles. The van der Waals surface area contributed by atoms with E-state index >= 15 is 0 Å². The first-order chi connectivity index (χ1) is 12.3. The lowest BCUT2D eigenvalue weighted by molar-refractivity contribution is 0.121. The van der Waals surface area contributed by atoms with Gasteiger partial charge in [-0.2, -0.15) is 15.0 Å². The van der Waals surface area contributed by atoms with Crippen molar-refractivity contribution in [3.63, 3.8) is 0 Å². The maximum Gasteiger partial charge on any atom is 0.230 e. The first kappa shape index (κ1) is 16.1. The van der Waals surface area contributed by atoms with Crippen LogP contribution in [0.15, 0.2) is 18.5 Å². The zero-order valence-corrected chi connectivity index (χ0v) is 13.8. The van der Waals surface area contributed by atoms with Gasteiger partial charge in [0, 0.05) is 37.9 Å². The zero-order valence-electron chi connectivity index (χ0n) is 13.8. The van der Waals surface area contributed by atoms with Gasteiger partial charge in [-0.1, -0.05) is 0 Å². The molecule has 0 spiro atoms. The molecule has 2 fully saturated rings. The Hall–Kier alpha value is -2.39. The van der Waals surface area contributed by atoms with E-state index in [0.29, 0.717) is 75.9 Å². The highest BCUT2D eigenvalue weighted by molar-refractivity contribution is 5.57. The fourth-order valence-electron chi connectivity index (χ4n) is 2.83. The van der Waals surface area contributed by atoms with Crippen LogP contribution in [0.3, 0.4) is 0 Å². The summed E-state index contributed by atoms with van der Waals surface area (Å²) in [6.45, 7) is 5.40. The normalized spacial score (nSPS) is 18.4. The third kappa shape index (κ3) is 3.67. The zero-order chi connectivity index (χ0) is 17.1. The molecule has 0 bridgehead atoms. The molecule has 2 aliphatic heterocycles. The number of hydrogen-bond acceptors (Lipinski definition) is 8. The van der Waals surface area contributed by atoms with Crippen molar-refractivity contribution in [1.29, 1.82) is 0 Å². The summed E-state index contributed by atoms with van der Waals surface area (Å²) in [6.07, 6.45) is 2.72. The highest BCUT2D eigenvalue weighted by atomic mass is 19.1. The average Bonchev–Trinajstić information content (AvgIpc) is 2.69. The Balaban J connectivity index is 1.73. The van der Waals surface area contributed by atoms with Crippen molar-refractivity contribution in [2.24, 2.45) is 0 Å². The molecule has 4 heterocycles. The maximum atomic E-state index is 13.6. The Morgan fingerprint density at radius 1 is 0.800 bits per heavy atom. The molecule has 25 heavy (non-hydrogen) atoms. The third-order valence-electron chi connectivity index (χ3n) is 4.16. The van der Waals surface area contributed by atoms with Crippen LogP contribution in [0.1, 0.15) is 0 Å². The number of anilines is 2. The summed E-state index contributed by atoms with van der Waals surface area (Å²) in [7, 11) is 0. The summed E-state index contributed by atoms with van der Waals surface area (Å²) in [5, 5.41) is 0. The van der Waals surface area contributed by atoms with Gasteiger partial charge < -0.3 is 19.3 Å². The largest absolute Gasteiger partial charge is 0.378 e. The lowest BCUT2D eigenvalue weighted by Gasteiger charge is -2.30. The van der Waals surface area contributed by atoms with Gasteiger partial charge in [-0.05, 0) is 6.07 Å². The molecule has 2 aromatic rings. The average molecular weight is 346 g/mol. The van der Waals surface area contributed by atoms with Crippen LogP contribution in [0.25, 0.3) is 11.4 Å². The molecular weight excluding hydrogens is 327 g/mol. The number of morpholine rings is 2. The summed E-state index contributed by atoms with van der Waals surface area (Å²) >= 11 is 0. The highest BCUT2D eigenvalue weighted by Crippen LogP contribution is 2.22. The summed E-state index contributed by atoms with van der Waals surface area (Å²) < 4.78 is 24.4. The minimum atomic E-state index is -0.418. The van der Waals surface area contributed by atoms with E-state index in [1.54, 1.807) is 6.20 Å². The molecule has 132 valence electrons. The van der Waals surface area contributed by atoms with Crippen LogP contribution in [0.5, 0.6) is 0 Å². The first-order valence-corrected chi connectivity index (χ1v) is 8.32. The van der Waals surface area contributed by atoms with Crippen LogP contribution in [0.2, 0.25) is 0 Å². The number of rotatable bonds is 3. The lowest BCUT2D eigenvalue weighted by atomic mass is 10.2. The van der Waals surface area contributed by atoms with Gasteiger partial charge in [-0.3, -0.25) is 4.98 Å². The van der Waals surface area contributed by atoms with Crippen LogP contribution in [0.4, 0.5) is 16.3 Å². The van der Waals surface area contributed by atoms with Gasteiger partial charge in [0.2, 0.25) is 11.9 Å².